The van der Waals surface area contributed by atoms with Crippen molar-refractivity contribution in [3.8, 4) is 16.3 Å². The lowest BCUT2D eigenvalue weighted by Gasteiger charge is -2.30. The number of piperidine rings is 1. The fourth-order valence-corrected chi connectivity index (χ4v) is 5.52. The van der Waals surface area contributed by atoms with Crippen LogP contribution in [0.15, 0.2) is 45.6 Å². The van der Waals surface area contributed by atoms with Gasteiger partial charge in [-0.25, -0.2) is 4.98 Å². The van der Waals surface area contributed by atoms with E-state index in [0.717, 1.165) is 42.1 Å². The molecule has 0 atom stereocenters. The molecular formula is C26H28N2O3S. The second kappa shape index (κ2) is 8.34. The smallest absolute Gasteiger partial charge is 0.203 e. The molecule has 1 saturated heterocycles. The molecular weight excluding hydrogens is 420 g/mol. The Morgan fingerprint density at radius 3 is 2.66 bits per heavy atom. The molecule has 5 rings (SSSR count). The molecule has 0 spiro atoms. The zero-order chi connectivity index (χ0) is 22.4. The maximum Gasteiger partial charge on any atom is 0.203 e. The van der Waals surface area contributed by atoms with Crippen molar-refractivity contribution in [2.45, 2.75) is 46.1 Å². The summed E-state index contributed by atoms with van der Waals surface area (Å²) in [5.41, 5.74) is 2.54. The Morgan fingerprint density at radius 2 is 1.94 bits per heavy atom. The Hall–Kier alpha value is -2.70. The summed E-state index contributed by atoms with van der Waals surface area (Å²) in [6.07, 6.45) is 2.29. The second-order valence-corrected chi connectivity index (χ2v) is 10.2. The molecule has 0 amide bonds. The first kappa shape index (κ1) is 21.2. The number of para-hydroxylation sites is 1. The van der Waals surface area contributed by atoms with E-state index in [1.807, 2.05) is 38.1 Å². The Morgan fingerprint density at radius 1 is 1.19 bits per heavy atom. The molecule has 1 fully saturated rings. The zero-order valence-electron chi connectivity index (χ0n) is 18.7. The number of rotatable bonds is 4. The van der Waals surface area contributed by atoms with Crippen LogP contribution in [-0.4, -0.2) is 28.1 Å². The first-order chi connectivity index (χ1) is 15.4. The van der Waals surface area contributed by atoms with Gasteiger partial charge in [0.25, 0.3) is 0 Å². The van der Waals surface area contributed by atoms with Crippen LogP contribution in [0.2, 0.25) is 0 Å². The molecule has 0 unspecified atom stereocenters. The highest BCUT2D eigenvalue weighted by atomic mass is 32.1. The zero-order valence-corrected chi connectivity index (χ0v) is 19.5. The van der Waals surface area contributed by atoms with Crippen LogP contribution in [0.5, 0.6) is 5.75 Å². The minimum Gasteiger partial charge on any atom is -0.507 e. The minimum atomic E-state index is -0.0810. The third-order valence-electron chi connectivity index (χ3n) is 6.46. The van der Waals surface area contributed by atoms with E-state index in [9.17, 15) is 9.90 Å². The van der Waals surface area contributed by atoms with Crippen molar-refractivity contribution in [3.05, 3.63) is 57.9 Å². The molecule has 1 aliphatic rings. The van der Waals surface area contributed by atoms with Crippen molar-refractivity contribution >= 4 is 32.5 Å². The highest BCUT2D eigenvalue weighted by Crippen LogP contribution is 2.37. The molecule has 0 radical (unpaired) electrons. The highest BCUT2D eigenvalue weighted by Gasteiger charge is 2.25. The van der Waals surface area contributed by atoms with E-state index in [0.29, 0.717) is 39.4 Å². The van der Waals surface area contributed by atoms with E-state index in [1.165, 1.54) is 11.3 Å². The molecule has 0 aliphatic carbocycles. The van der Waals surface area contributed by atoms with Crippen molar-refractivity contribution in [2.24, 2.45) is 5.92 Å². The normalized spacial score (nSPS) is 15.9. The van der Waals surface area contributed by atoms with E-state index in [4.69, 9.17) is 9.40 Å². The van der Waals surface area contributed by atoms with Gasteiger partial charge in [-0.2, -0.15) is 0 Å². The van der Waals surface area contributed by atoms with Crippen molar-refractivity contribution in [1.29, 1.82) is 0 Å². The molecule has 3 heterocycles. The number of phenolic OH excluding ortho intramolecular Hbond substituents is 1. The summed E-state index contributed by atoms with van der Waals surface area (Å²) < 4.78 is 7.48. The summed E-state index contributed by atoms with van der Waals surface area (Å²) in [6, 6.07) is 11.2. The number of aromatic hydroxyl groups is 1. The Labute approximate surface area is 191 Å². The molecule has 6 heteroatoms. The van der Waals surface area contributed by atoms with Gasteiger partial charge >= 0.3 is 0 Å². The first-order valence-electron chi connectivity index (χ1n) is 11.3. The van der Waals surface area contributed by atoms with Gasteiger partial charge in [-0.15, -0.1) is 11.3 Å². The number of hydrogen-bond acceptors (Lipinski definition) is 6. The summed E-state index contributed by atoms with van der Waals surface area (Å²) in [7, 11) is 0. The fourth-order valence-electron chi connectivity index (χ4n) is 4.51. The topological polar surface area (TPSA) is 66.6 Å². The summed E-state index contributed by atoms with van der Waals surface area (Å²) in [5.74, 6) is 1.54. The number of nitrogens with zero attached hydrogens (tertiary/aromatic N) is 2. The molecule has 0 bridgehead atoms. The van der Waals surface area contributed by atoms with Crippen LogP contribution in [0, 0.1) is 5.92 Å². The predicted octanol–water partition coefficient (Wildman–Crippen LogP) is 6.13. The lowest BCUT2D eigenvalue weighted by atomic mass is 9.98. The van der Waals surface area contributed by atoms with Gasteiger partial charge in [-0.1, -0.05) is 32.9 Å². The minimum absolute atomic E-state index is 0.000137. The quantitative estimate of drug-likeness (QED) is 0.407. The van der Waals surface area contributed by atoms with Gasteiger partial charge in [0.05, 0.1) is 26.7 Å². The average molecular weight is 449 g/mol. The second-order valence-electron chi connectivity index (χ2n) is 9.21. The van der Waals surface area contributed by atoms with Crippen LogP contribution in [0.25, 0.3) is 31.8 Å². The van der Waals surface area contributed by atoms with Crippen LogP contribution in [0.1, 0.15) is 50.9 Å². The SMILES string of the molecule is CC1CCN(Cc2c(O)ccc3c(=O)c(-c4nc5ccccc5s4)c(C(C)C)oc23)CC1. The van der Waals surface area contributed by atoms with Gasteiger partial charge in [0.2, 0.25) is 5.43 Å². The van der Waals surface area contributed by atoms with Crippen LogP contribution in [-0.2, 0) is 6.54 Å². The number of aromatic nitrogens is 1. The van der Waals surface area contributed by atoms with Crippen molar-refractivity contribution in [3.63, 3.8) is 0 Å². The number of hydrogen-bond donors (Lipinski definition) is 1. The van der Waals surface area contributed by atoms with Crippen LogP contribution in [0.4, 0.5) is 0 Å². The number of phenols is 1. The van der Waals surface area contributed by atoms with E-state index in [2.05, 4.69) is 11.8 Å². The van der Waals surface area contributed by atoms with Gasteiger partial charge in [0.1, 0.15) is 22.1 Å². The summed E-state index contributed by atoms with van der Waals surface area (Å²) >= 11 is 1.51. The van der Waals surface area contributed by atoms with Gasteiger partial charge in [0.15, 0.2) is 0 Å². The standard InChI is InChI=1S/C26H28N2O3S/c1-15(2)24-22(26-27-19-6-4-5-7-21(19)32-26)23(30)17-8-9-20(29)18(25(17)31-24)14-28-12-10-16(3)11-13-28/h4-9,15-16,29H,10-14H2,1-3H3. The largest absolute Gasteiger partial charge is 0.507 e. The highest BCUT2D eigenvalue weighted by molar-refractivity contribution is 7.21. The van der Waals surface area contributed by atoms with E-state index in [1.54, 1.807) is 12.1 Å². The Bertz CT molecular complexity index is 1310. The van der Waals surface area contributed by atoms with Crippen LogP contribution < -0.4 is 5.43 Å². The fraction of sp³-hybridized carbons (Fsp3) is 0.385. The third kappa shape index (κ3) is 3.71. The molecule has 4 aromatic rings. The van der Waals surface area contributed by atoms with E-state index < -0.39 is 0 Å². The Balaban J connectivity index is 1.68. The number of fused-ring (bicyclic) bond motifs is 2. The monoisotopic (exact) mass is 448 g/mol. The van der Waals surface area contributed by atoms with Gasteiger partial charge < -0.3 is 9.52 Å². The molecule has 5 nitrogen and oxygen atoms in total. The first-order valence-corrected chi connectivity index (χ1v) is 12.1. The van der Waals surface area contributed by atoms with Crippen LogP contribution >= 0.6 is 11.3 Å². The summed E-state index contributed by atoms with van der Waals surface area (Å²) in [5, 5.41) is 11.9. The molecule has 0 saturated carbocycles. The summed E-state index contributed by atoms with van der Waals surface area (Å²) in [6.45, 7) is 8.88. The van der Waals surface area contributed by atoms with E-state index in [-0.39, 0.29) is 17.1 Å². The lowest BCUT2D eigenvalue weighted by molar-refractivity contribution is 0.183. The Kier molecular flexibility index (Phi) is 5.51. The van der Waals surface area contributed by atoms with E-state index >= 15 is 0 Å². The average Bonchev–Trinajstić information content (AvgIpc) is 3.20. The number of likely N-dealkylation sites (tertiary alicyclic amines) is 1. The number of thiazole rings is 1. The number of benzene rings is 2. The maximum absolute atomic E-state index is 13.7. The predicted molar refractivity (Wildman–Crippen MR) is 131 cm³/mol. The molecule has 1 aliphatic heterocycles. The molecule has 1 N–H and O–H groups in total. The van der Waals surface area contributed by atoms with Crippen molar-refractivity contribution < 1.29 is 9.52 Å². The summed E-state index contributed by atoms with van der Waals surface area (Å²) in [4.78, 5) is 20.8. The molecule has 166 valence electrons. The lowest BCUT2D eigenvalue weighted by Crippen LogP contribution is -2.32. The molecule has 2 aromatic heterocycles. The third-order valence-corrected chi connectivity index (χ3v) is 7.51. The van der Waals surface area contributed by atoms with Crippen molar-refractivity contribution in [1.82, 2.24) is 9.88 Å². The maximum atomic E-state index is 13.7. The van der Waals surface area contributed by atoms with Crippen molar-refractivity contribution in [2.75, 3.05) is 13.1 Å². The van der Waals surface area contributed by atoms with Gasteiger partial charge in [0, 0.05) is 12.5 Å². The van der Waals surface area contributed by atoms with Gasteiger partial charge in [-0.05, 0) is 56.1 Å². The van der Waals surface area contributed by atoms with Gasteiger partial charge in [-0.3, -0.25) is 9.69 Å². The molecule has 2 aromatic carbocycles. The van der Waals surface area contributed by atoms with Crippen LogP contribution in [0.3, 0.4) is 0 Å². The molecule has 32 heavy (non-hydrogen) atoms.